The van der Waals surface area contributed by atoms with Gasteiger partial charge in [0.2, 0.25) is 0 Å². The van der Waals surface area contributed by atoms with Crippen LogP contribution in [0.5, 0.6) is 0 Å². The monoisotopic (exact) mass is 280 g/mol. The van der Waals surface area contributed by atoms with Crippen molar-refractivity contribution in [1.82, 2.24) is 0 Å². The van der Waals surface area contributed by atoms with Gasteiger partial charge in [0.15, 0.2) is 0 Å². The minimum atomic E-state index is -0.593. The molecule has 2 aromatic carbocycles. The number of hydrogen-bond donors (Lipinski definition) is 1. The van der Waals surface area contributed by atoms with Gasteiger partial charge in [0.1, 0.15) is 0 Å². The average molecular weight is 280 g/mol. The molecule has 0 saturated heterocycles. The fraction of sp³-hybridized carbons (Fsp3) is 0.400. The number of fused-ring (bicyclic) bond motifs is 1. The molecule has 0 aromatic heterocycles. The predicted octanol–water partition coefficient (Wildman–Crippen LogP) is 4.50. The first-order valence-electron chi connectivity index (χ1n) is 7.70. The summed E-state index contributed by atoms with van der Waals surface area (Å²) in [5, 5.41) is 10.3. The number of benzene rings is 2. The Labute approximate surface area is 127 Å². The Kier molecular flexibility index (Phi) is 3.22. The van der Waals surface area contributed by atoms with E-state index in [1.807, 2.05) is 6.92 Å². The van der Waals surface area contributed by atoms with Crippen LogP contribution >= 0.6 is 0 Å². The van der Waals surface area contributed by atoms with Crippen molar-refractivity contribution in [3.63, 3.8) is 0 Å². The summed E-state index contributed by atoms with van der Waals surface area (Å²) in [4.78, 5) is 0. The van der Waals surface area contributed by atoms with E-state index >= 15 is 0 Å². The van der Waals surface area contributed by atoms with Crippen molar-refractivity contribution < 1.29 is 5.11 Å². The summed E-state index contributed by atoms with van der Waals surface area (Å²) >= 11 is 0. The van der Waals surface area contributed by atoms with Crippen LogP contribution in [-0.2, 0) is 18.3 Å². The van der Waals surface area contributed by atoms with Gasteiger partial charge in [-0.2, -0.15) is 0 Å². The molecular weight excluding hydrogens is 256 g/mol. The Morgan fingerprint density at radius 2 is 1.62 bits per heavy atom. The van der Waals surface area contributed by atoms with Crippen LogP contribution in [0.4, 0.5) is 0 Å². The maximum atomic E-state index is 10.3. The van der Waals surface area contributed by atoms with E-state index in [0.29, 0.717) is 0 Å². The lowest BCUT2D eigenvalue weighted by Gasteiger charge is -2.19. The van der Waals surface area contributed by atoms with Crippen molar-refractivity contribution in [3.8, 4) is 11.1 Å². The van der Waals surface area contributed by atoms with E-state index in [-0.39, 0.29) is 5.41 Å². The maximum absolute atomic E-state index is 10.3. The normalized spacial score (nSPS) is 21.4. The van der Waals surface area contributed by atoms with Gasteiger partial charge in [-0.25, -0.2) is 0 Å². The van der Waals surface area contributed by atoms with Gasteiger partial charge in [-0.1, -0.05) is 63.2 Å². The van der Waals surface area contributed by atoms with Crippen LogP contribution in [0.15, 0.2) is 42.5 Å². The van der Waals surface area contributed by atoms with Crippen LogP contribution in [0.1, 0.15) is 44.4 Å². The fourth-order valence-corrected chi connectivity index (χ4v) is 3.28. The molecule has 1 nitrogen and oxygen atoms in total. The minimum absolute atomic E-state index is 0.181. The van der Waals surface area contributed by atoms with E-state index in [0.717, 1.165) is 12.8 Å². The highest BCUT2D eigenvalue weighted by Gasteiger charge is 2.32. The van der Waals surface area contributed by atoms with Crippen LogP contribution in [-0.4, -0.2) is 10.7 Å². The van der Waals surface area contributed by atoms with Crippen molar-refractivity contribution in [2.45, 2.75) is 51.6 Å². The Morgan fingerprint density at radius 1 is 0.952 bits per heavy atom. The summed E-state index contributed by atoms with van der Waals surface area (Å²) < 4.78 is 0. The van der Waals surface area contributed by atoms with Crippen LogP contribution in [0.3, 0.4) is 0 Å². The molecule has 0 heterocycles. The van der Waals surface area contributed by atoms with Gasteiger partial charge in [-0.3, -0.25) is 0 Å². The molecular formula is C20H24O. The number of aliphatic hydroxyl groups is 1. The third-order valence-corrected chi connectivity index (χ3v) is 4.46. The molecule has 3 rings (SSSR count). The van der Waals surface area contributed by atoms with Crippen LogP contribution in [0.2, 0.25) is 0 Å². The zero-order valence-electron chi connectivity index (χ0n) is 13.4. The summed E-state index contributed by atoms with van der Waals surface area (Å²) in [6.07, 6.45) is 1.51. The highest BCUT2D eigenvalue weighted by molar-refractivity contribution is 5.70. The standard InChI is InChI=1S/C20H24O/c1-19(2,3)16-10-8-14(9-11-16)17-7-5-6-15-12-20(4,21)13-18(15)17/h5-11,21H,12-13H2,1-4H3. The van der Waals surface area contributed by atoms with E-state index in [1.54, 1.807) is 0 Å². The molecule has 1 heteroatoms. The van der Waals surface area contributed by atoms with Gasteiger partial charge >= 0.3 is 0 Å². The summed E-state index contributed by atoms with van der Waals surface area (Å²) in [5.74, 6) is 0. The second-order valence-electron chi connectivity index (χ2n) is 7.62. The summed E-state index contributed by atoms with van der Waals surface area (Å²) in [5.41, 5.74) is 6.06. The molecule has 2 aromatic rings. The maximum Gasteiger partial charge on any atom is 0.0700 e. The minimum Gasteiger partial charge on any atom is -0.389 e. The SMILES string of the molecule is CC1(O)Cc2cccc(-c3ccc(C(C)(C)C)cc3)c2C1. The lowest BCUT2D eigenvalue weighted by Crippen LogP contribution is -2.23. The quantitative estimate of drug-likeness (QED) is 0.815. The smallest absolute Gasteiger partial charge is 0.0700 e. The first-order chi connectivity index (χ1) is 9.76. The zero-order chi connectivity index (χ0) is 15.3. The molecule has 0 aliphatic heterocycles. The van der Waals surface area contributed by atoms with Crippen LogP contribution in [0.25, 0.3) is 11.1 Å². The van der Waals surface area contributed by atoms with Crippen molar-refractivity contribution in [1.29, 1.82) is 0 Å². The Balaban J connectivity index is 2.02. The van der Waals surface area contributed by atoms with Crippen molar-refractivity contribution >= 4 is 0 Å². The van der Waals surface area contributed by atoms with Gasteiger partial charge in [0, 0.05) is 12.8 Å². The molecule has 21 heavy (non-hydrogen) atoms. The van der Waals surface area contributed by atoms with Crippen LogP contribution in [0, 0.1) is 0 Å². The van der Waals surface area contributed by atoms with Crippen molar-refractivity contribution in [3.05, 3.63) is 59.2 Å². The number of hydrogen-bond acceptors (Lipinski definition) is 1. The molecule has 0 saturated carbocycles. The molecule has 1 aliphatic carbocycles. The number of rotatable bonds is 1. The third-order valence-electron chi connectivity index (χ3n) is 4.46. The zero-order valence-corrected chi connectivity index (χ0v) is 13.4. The Morgan fingerprint density at radius 3 is 2.24 bits per heavy atom. The van der Waals surface area contributed by atoms with Gasteiger partial charge in [0.25, 0.3) is 0 Å². The van der Waals surface area contributed by atoms with Crippen molar-refractivity contribution in [2.75, 3.05) is 0 Å². The summed E-state index contributed by atoms with van der Waals surface area (Å²) in [6, 6.07) is 15.3. The lowest BCUT2D eigenvalue weighted by molar-refractivity contribution is 0.0719. The fourth-order valence-electron chi connectivity index (χ4n) is 3.28. The van der Waals surface area contributed by atoms with E-state index in [2.05, 4.69) is 63.2 Å². The van der Waals surface area contributed by atoms with E-state index in [9.17, 15) is 5.11 Å². The Hall–Kier alpha value is -1.60. The largest absolute Gasteiger partial charge is 0.389 e. The molecule has 1 unspecified atom stereocenters. The van der Waals surface area contributed by atoms with Crippen molar-refractivity contribution in [2.24, 2.45) is 0 Å². The van der Waals surface area contributed by atoms with E-state index in [1.165, 1.54) is 27.8 Å². The highest BCUT2D eigenvalue weighted by atomic mass is 16.3. The summed E-state index contributed by atoms with van der Waals surface area (Å²) in [6.45, 7) is 8.64. The Bertz CT molecular complexity index is 657. The topological polar surface area (TPSA) is 20.2 Å². The van der Waals surface area contributed by atoms with Crippen LogP contribution < -0.4 is 0 Å². The van der Waals surface area contributed by atoms with E-state index in [4.69, 9.17) is 0 Å². The molecule has 1 atom stereocenters. The second kappa shape index (κ2) is 4.71. The molecule has 0 fully saturated rings. The second-order valence-corrected chi connectivity index (χ2v) is 7.62. The molecule has 110 valence electrons. The highest BCUT2D eigenvalue weighted by Crippen LogP contribution is 2.37. The summed E-state index contributed by atoms with van der Waals surface area (Å²) in [7, 11) is 0. The molecule has 0 amide bonds. The van der Waals surface area contributed by atoms with Gasteiger partial charge < -0.3 is 5.11 Å². The third kappa shape index (κ3) is 2.75. The predicted molar refractivity (Wildman–Crippen MR) is 88.6 cm³/mol. The molecule has 1 aliphatic rings. The molecule has 0 spiro atoms. The first-order valence-corrected chi connectivity index (χ1v) is 7.70. The van der Waals surface area contributed by atoms with Gasteiger partial charge in [-0.15, -0.1) is 0 Å². The average Bonchev–Trinajstić information content (AvgIpc) is 2.71. The lowest BCUT2D eigenvalue weighted by atomic mass is 9.85. The van der Waals surface area contributed by atoms with Gasteiger partial charge in [-0.05, 0) is 40.2 Å². The molecule has 1 N–H and O–H groups in total. The first kappa shape index (κ1) is 14.3. The van der Waals surface area contributed by atoms with E-state index < -0.39 is 5.60 Å². The molecule has 0 radical (unpaired) electrons. The molecule has 0 bridgehead atoms. The van der Waals surface area contributed by atoms with Gasteiger partial charge in [0.05, 0.1) is 5.60 Å².